The van der Waals surface area contributed by atoms with E-state index in [9.17, 15) is 9.59 Å². The van der Waals surface area contributed by atoms with Gasteiger partial charge in [0.25, 0.3) is 0 Å². The molecule has 2 aromatic rings. The van der Waals surface area contributed by atoms with Gasteiger partial charge in [0.15, 0.2) is 0 Å². The summed E-state index contributed by atoms with van der Waals surface area (Å²) in [6.45, 7) is 4.65. The number of amides is 3. The van der Waals surface area contributed by atoms with Crippen molar-refractivity contribution in [3.63, 3.8) is 0 Å². The molecule has 0 aromatic heterocycles. The lowest BCUT2D eigenvalue weighted by Crippen LogP contribution is -2.50. The second-order valence-electron chi connectivity index (χ2n) is 9.02. The first kappa shape index (κ1) is 26.2. The topological polar surface area (TPSA) is 89.6 Å². The molecule has 0 saturated carbocycles. The van der Waals surface area contributed by atoms with E-state index in [2.05, 4.69) is 10.2 Å². The number of carbonyl (C=O) groups is 2. The number of nitrogens with one attached hydrogen (secondary N) is 1. The van der Waals surface area contributed by atoms with Crippen LogP contribution in [-0.2, 0) is 20.8 Å². The van der Waals surface area contributed by atoms with E-state index >= 15 is 0 Å². The van der Waals surface area contributed by atoms with Crippen molar-refractivity contribution in [1.29, 1.82) is 0 Å². The molecule has 2 aliphatic heterocycles. The molecule has 2 fully saturated rings. The van der Waals surface area contributed by atoms with Gasteiger partial charge >= 0.3 is 6.03 Å². The molecule has 2 aliphatic rings. The molecule has 1 N–H and O–H groups in total. The first-order valence-electron chi connectivity index (χ1n) is 12.0. The zero-order valence-corrected chi connectivity index (χ0v) is 21.2. The molecule has 9 nitrogen and oxygen atoms in total. The van der Waals surface area contributed by atoms with Gasteiger partial charge < -0.3 is 23.8 Å². The normalized spacial score (nSPS) is 20.8. The summed E-state index contributed by atoms with van der Waals surface area (Å²) < 4.78 is 23.6. The van der Waals surface area contributed by atoms with Crippen LogP contribution in [0.25, 0.3) is 0 Å². The number of halogens is 1. The van der Waals surface area contributed by atoms with Gasteiger partial charge in [0.2, 0.25) is 5.91 Å². The monoisotopic (exact) mass is 517 g/mol. The standard InChI is InChI=1S/C26H32ClN3O6/c1-33-26(19-36-23-5-2-4-21(27)14-23)17-29(11-13-34-18-26)15-20-6-8-22(9-7-20)35-12-3-10-30-16-24(31)28-25(30)32/h2,4-9,14H,3,10-13,15-19H2,1H3,(H,28,31,32). The molecule has 2 aromatic carbocycles. The highest BCUT2D eigenvalue weighted by molar-refractivity contribution is 6.30. The highest BCUT2D eigenvalue weighted by Gasteiger charge is 2.36. The molecule has 4 rings (SSSR count). The Bertz CT molecular complexity index is 1040. The summed E-state index contributed by atoms with van der Waals surface area (Å²) in [5.74, 6) is 1.20. The summed E-state index contributed by atoms with van der Waals surface area (Å²) >= 11 is 6.08. The molecule has 3 amide bonds. The third kappa shape index (κ3) is 7.33. The van der Waals surface area contributed by atoms with Crippen molar-refractivity contribution in [3.05, 3.63) is 59.1 Å². The van der Waals surface area contributed by atoms with E-state index in [1.165, 1.54) is 4.90 Å². The fourth-order valence-electron chi connectivity index (χ4n) is 4.22. The van der Waals surface area contributed by atoms with E-state index in [1.54, 1.807) is 13.2 Å². The average Bonchev–Trinajstić information content (AvgIpc) is 3.06. The van der Waals surface area contributed by atoms with Gasteiger partial charge in [0, 0.05) is 38.3 Å². The van der Waals surface area contributed by atoms with Gasteiger partial charge in [0.1, 0.15) is 30.3 Å². The Kier molecular flexibility index (Phi) is 9.03. The van der Waals surface area contributed by atoms with E-state index in [4.69, 9.17) is 30.5 Å². The van der Waals surface area contributed by atoms with Gasteiger partial charge in [-0.25, -0.2) is 4.79 Å². The quantitative estimate of drug-likeness (QED) is 0.362. The van der Waals surface area contributed by atoms with Crippen LogP contribution in [0.15, 0.2) is 48.5 Å². The number of urea groups is 1. The predicted octanol–water partition coefficient (Wildman–Crippen LogP) is 2.96. The number of imide groups is 1. The van der Waals surface area contributed by atoms with Crippen LogP contribution in [0.2, 0.25) is 5.02 Å². The Labute approximate surface area is 216 Å². The van der Waals surface area contributed by atoms with Gasteiger partial charge in [0.05, 0.1) is 19.8 Å². The molecule has 1 atom stereocenters. The molecule has 10 heteroatoms. The Hall–Kier alpha value is -2.85. The lowest BCUT2D eigenvalue weighted by Gasteiger charge is -2.34. The maximum Gasteiger partial charge on any atom is 0.324 e. The molecular weight excluding hydrogens is 486 g/mol. The Balaban J connectivity index is 1.26. The largest absolute Gasteiger partial charge is 0.494 e. The SMILES string of the molecule is COC1(COc2cccc(Cl)c2)COCCN(Cc2ccc(OCCCN3CC(=O)NC3=O)cc2)C1. The van der Waals surface area contributed by atoms with Crippen molar-refractivity contribution < 1.29 is 28.5 Å². The number of carbonyl (C=O) groups excluding carboxylic acids is 2. The van der Waals surface area contributed by atoms with Crippen LogP contribution in [-0.4, -0.2) is 87.1 Å². The van der Waals surface area contributed by atoms with Crippen LogP contribution in [0.4, 0.5) is 4.79 Å². The zero-order valence-electron chi connectivity index (χ0n) is 20.4. The number of rotatable bonds is 11. The van der Waals surface area contributed by atoms with Crippen LogP contribution in [0.1, 0.15) is 12.0 Å². The minimum absolute atomic E-state index is 0.117. The lowest BCUT2D eigenvalue weighted by molar-refractivity contribution is -0.118. The van der Waals surface area contributed by atoms with Gasteiger partial charge in [-0.3, -0.25) is 15.0 Å². The maximum absolute atomic E-state index is 11.6. The van der Waals surface area contributed by atoms with Gasteiger partial charge in [-0.2, -0.15) is 0 Å². The van der Waals surface area contributed by atoms with E-state index in [0.717, 1.165) is 24.4 Å². The van der Waals surface area contributed by atoms with E-state index in [-0.39, 0.29) is 18.5 Å². The van der Waals surface area contributed by atoms with Gasteiger partial charge in [-0.15, -0.1) is 0 Å². The lowest BCUT2D eigenvalue weighted by atomic mass is 10.1. The number of hydrogen-bond acceptors (Lipinski definition) is 7. The maximum atomic E-state index is 11.6. The van der Waals surface area contributed by atoms with Crippen molar-refractivity contribution in [2.24, 2.45) is 0 Å². The molecule has 1 unspecified atom stereocenters. The van der Waals surface area contributed by atoms with Crippen molar-refractivity contribution in [2.45, 2.75) is 18.6 Å². The first-order valence-corrected chi connectivity index (χ1v) is 12.4. The third-order valence-corrected chi connectivity index (χ3v) is 6.43. The second kappa shape index (κ2) is 12.4. The van der Waals surface area contributed by atoms with Crippen LogP contribution in [0.3, 0.4) is 0 Å². The van der Waals surface area contributed by atoms with E-state index in [0.29, 0.717) is 56.7 Å². The van der Waals surface area contributed by atoms with Crippen molar-refractivity contribution in [1.82, 2.24) is 15.1 Å². The Morgan fingerprint density at radius 1 is 1.11 bits per heavy atom. The summed E-state index contributed by atoms with van der Waals surface area (Å²) in [5.41, 5.74) is 0.552. The number of methoxy groups -OCH3 is 1. The summed E-state index contributed by atoms with van der Waals surface area (Å²) in [6, 6.07) is 15.0. The van der Waals surface area contributed by atoms with Crippen LogP contribution in [0, 0.1) is 0 Å². The van der Waals surface area contributed by atoms with Crippen LogP contribution >= 0.6 is 11.6 Å². The van der Waals surface area contributed by atoms with Gasteiger partial charge in [-0.1, -0.05) is 29.8 Å². The zero-order chi connectivity index (χ0) is 25.4. The predicted molar refractivity (Wildman–Crippen MR) is 134 cm³/mol. The Morgan fingerprint density at radius 3 is 2.67 bits per heavy atom. The highest BCUT2D eigenvalue weighted by Crippen LogP contribution is 2.23. The highest BCUT2D eigenvalue weighted by atomic mass is 35.5. The molecule has 2 saturated heterocycles. The van der Waals surface area contributed by atoms with Crippen LogP contribution < -0.4 is 14.8 Å². The van der Waals surface area contributed by atoms with E-state index in [1.807, 2.05) is 42.5 Å². The molecular formula is C26H32ClN3O6. The number of nitrogens with zero attached hydrogens (tertiary/aromatic N) is 2. The first-order chi connectivity index (χ1) is 17.4. The molecule has 0 aliphatic carbocycles. The number of hydrogen-bond donors (Lipinski definition) is 1. The summed E-state index contributed by atoms with van der Waals surface area (Å²) in [5, 5.41) is 2.90. The average molecular weight is 518 g/mol. The third-order valence-electron chi connectivity index (χ3n) is 6.20. The van der Waals surface area contributed by atoms with Crippen LogP contribution in [0.5, 0.6) is 11.5 Å². The minimum Gasteiger partial charge on any atom is -0.494 e. The number of benzene rings is 2. The van der Waals surface area contributed by atoms with Crippen molar-refractivity contribution in [2.75, 3.05) is 59.7 Å². The molecule has 0 spiro atoms. The minimum atomic E-state index is -0.598. The smallest absolute Gasteiger partial charge is 0.324 e. The molecule has 0 bridgehead atoms. The van der Waals surface area contributed by atoms with E-state index < -0.39 is 5.60 Å². The summed E-state index contributed by atoms with van der Waals surface area (Å²) in [7, 11) is 1.69. The fraction of sp³-hybridized carbons (Fsp3) is 0.462. The van der Waals surface area contributed by atoms with Crippen molar-refractivity contribution >= 4 is 23.5 Å². The molecule has 2 heterocycles. The summed E-state index contributed by atoms with van der Waals surface area (Å²) in [6.07, 6.45) is 0.645. The second-order valence-corrected chi connectivity index (χ2v) is 9.45. The van der Waals surface area contributed by atoms with Gasteiger partial charge in [-0.05, 0) is 42.3 Å². The fourth-order valence-corrected chi connectivity index (χ4v) is 4.40. The molecule has 0 radical (unpaired) electrons. The molecule has 194 valence electrons. The number of ether oxygens (including phenoxy) is 4. The summed E-state index contributed by atoms with van der Waals surface area (Å²) in [4.78, 5) is 26.6. The van der Waals surface area contributed by atoms with Crippen molar-refractivity contribution in [3.8, 4) is 11.5 Å². The molecule has 36 heavy (non-hydrogen) atoms. The Morgan fingerprint density at radius 2 is 1.94 bits per heavy atom.